The van der Waals surface area contributed by atoms with Crippen LogP contribution in [0.5, 0.6) is 0 Å². The highest BCUT2D eigenvalue weighted by molar-refractivity contribution is 9.18. The molecule has 0 aromatic heterocycles. The molecule has 15 heavy (non-hydrogen) atoms. The number of carbonyl (C=O) groups is 1. The second-order valence-electron chi connectivity index (χ2n) is 5.01. The Morgan fingerprint density at radius 1 is 1.13 bits per heavy atom. The topological polar surface area (TPSA) is 17.1 Å². The van der Waals surface area contributed by atoms with Crippen molar-refractivity contribution in [3.05, 3.63) is 34.4 Å². The van der Waals surface area contributed by atoms with E-state index < -0.39 is 0 Å². The summed E-state index contributed by atoms with van der Waals surface area (Å²) in [5, 5.41) is 0. The number of hydrogen-bond donors (Lipinski definition) is 0. The summed E-state index contributed by atoms with van der Waals surface area (Å²) >= 11 is 3.02. The standard InChI is InChI=1S/C13H17BrO/c1-8-6-10(13(3,4)5)7-9(2)11(8)12(14)15/h6-7H,1-5H3. The fourth-order valence-corrected chi connectivity index (χ4v) is 2.33. The minimum Gasteiger partial charge on any atom is -0.281 e. The molecule has 0 aliphatic heterocycles. The number of benzene rings is 1. The Labute approximate surface area is 100 Å². The maximum Gasteiger partial charge on any atom is 0.228 e. The van der Waals surface area contributed by atoms with Crippen molar-refractivity contribution in [1.82, 2.24) is 0 Å². The molecule has 0 saturated carbocycles. The summed E-state index contributed by atoms with van der Waals surface area (Å²) in [6.07, 6.45) is 0. The van der Waals surface area contributed by atoms with E-state index in [1.165, 1.54) is 5.56 Å². The molecular formula is C13H17BrO. The number of hydrogen-bond acceptors (Lipinski definition) is 1. The van der Waals surface area contributed by atoms with Crippen LogP contribution in [-0.4, -0.2) is 4.69 Å². The number of halogens is 1. The molecule has 0 amide bonds. The first-order valence-corrected chi connectivity index (χ1v) is 5.84. The van der Waals surface area contributed by atoms with Gasteiger partial charge in [0.15, 0.2) is 0 Å². The lowest BCUT2D eigenvalue weighted by atomic mass is 9.84. The predicted molar refractivity (Wildman–Crippen MR) is 67.9 cm³/mol. The normalized spacial score (nSPS) is 11.6. The van der Waals surface area contributed by atoms with Crippen LogP contribution in [0.25, 0.3) is 0 Å². The minimum absolute atomic E-state index is 0.0297. The lowest BCUT2D eigenvalue weighted by Crippen LogP contribution is -2.13. The summed E-state index contributed by atoms with van der Waals surface area (Å²) in [7, 11) is 0. The van der Waals surface area contributed by atoms with E-state index in [0.717, 1.165) is 16.7 Å². The molecule has 0 saturated heterocycles. The Balaban J connectivity index is 3.39. The van der Waals surface area contributed by atoms with E-state index in [-0.39, 0.29) is 10.1 Å². The molecule has 2 heteroatoms. The van der Waals surface area contributed by atoms with Gasteiger partial charge in [0.25, 0.3) is 0 Å². The van der Waals surface area contributed by atoms with Gasteiger partial charge in [-0.3, -0.25) is 4.79 Å². The van der Waals surface area contributed by atoms with E-state index >= 15 is 0 Å². The monoisotopic (exact) mass is 268 g/mol. The summed E-state index contributed by atoms with van der Waals surface area (Å²) in [6.45, 7) is 10.5. The van der Waals surface area contributed by atoms with Crippen molar-refractivity contribution < 1.29 is 4.79 Å². The van der Waals surface area contributed by atoms with Crippen LogP contribution in [0.4, 0.5) is 0 Å². The van der Waals surface area contributed by atoms with Crippen molar-refractivity contribution in [2.24, 2.45) is 0 Å². The maximum atomic E-state index is 11.4. The second-order valence-corrected chi connectivity index (χ2v) is 5.73. The molecule has 1 rings (SSSR count). The summed E-state index contributed by atoms with van der Waals surface area (Å²) in [4.78, 5) is 11.4. The molecule has 0 radical (unpaired) electrons. The van der Waals surface area contributed by atoms with Gasteiger partial charge in [0.1, 0.15) is 0 Å². The second kappa shape index (κ2) is 4.09. The summed E-state index contributed by atoms with van der Waals surface area (Å²) < 4.78 is -0.0297. The lowest BCUT2D eigenvalue weighted by molar-refractivity contribution is 0.109. The molecule has 0 unspecified atom stereocenters. The number of carbonyl (C=O) groups excluding carboxylic acids is 1. The molecule has 1 nitrogen and oxygen atoms in total. The van der Waals surface area contributed by atoms with Crippen LogP contribution in [0.15, 0.2) is 12.1 Å². The van der Waals surface area contributed by atoms with Crippen molar-refractivity contribution in [3.63, 3.8) is 0 Å². The molecule has 0 aliphatic carbocycles. The quantitative estimate of drug-likeness (QED) is 0.700. The zero-order valence-electron chi connectivity index (χ0n) is 9.94. The average Bonchev–Trinajstić information content (AvgIpc) is 1.99. The van der Waals surface area contributed by atoms with Gasteiger partial charge in [-0.05, 0) is 51.9 Å². The molecule has 0 spiro atoms. The van der Waals surface area contributed by atoms with Crippen LogP contribution in [0.2, 0.25) is 0 Å². The molecule has 0 bridgehead atoms. The SMILES string of the molecule is Cc1cc(C(C)(C)C)cc(C)c1C(=O)Br. The molecule has 0 atom stereocenters. The zero-order valence-corrected chi connectivity index (χ0v) is 11.5. The van der Waals surface area contributed by atoms with E-state index in [0.29, 0.717) is 0 Å². The number of aryl methyl sites for hydroxylation is 2. The van der Waals surface area contributed by atoms with Crippen LogP contribution < -0.4 is 0 Å². The Bertz CT molecular complexity index is 376. The van der Waals surface area contributed by atoms with Gasteiger partial charge in [0, 0.05) is 5.56 Å². The smallest absolute Gasteiger partial charge is 0.228 e. The first-order valence-electron chi connectivity index (χ1n) is 5.05. The van der Waals surface area contributed by atoms with Gasteiger partial charge in [0.2, 0.25) is 4.69 Å². The molecule has 0 fully saturated rings. The van der Waals surface area contributed by atoms with Crippen LogP contribution in [0.3, 0.4) is 0 Å². The zero-order chi connectivity index (χ0) is 11.8. The van der Waals surface area contributed by atoms with Gasteiger partial charge in [0.05, 0.1) is 0 Å². The molecule has 0 aliphatic rings. The van der Waals surface area contributed by atoms with Crippen LogP contribution in [0.1, 0.15) is 47.8 Å². The van der Waals surface area contributed by atoms with Crippen LogP contribution in [-0.2, 0) is 5.41 Å². The van der Waals surface area contributed by atoms with Gasteiger partial charge in [-0.25, -0.2) is 0 Å². The van der Waals surface area contributed by atoms with E-state index in [1.807, 2.05) is 13.8 Å². The fourth-order valence-electron chi connectivity index (χ4n) is 1.71. The van der Waals surface area contributed by atoms with Crippen molar-refractivity contribution in [1.29, 1.82) is 0 Å². The third-order valence-electron chi connectivity index (χ3n) is 2.60. The van der Waals surface area contributed by atoms with E-state index in [2.05, 4.69) is 48.8 Å². The highest BCUT2D eigenvalue weighted by Crippen LogP contribution is 2.27. The molecule has 0 N–H and O–H groups in total. The van der Waals surface area contributed by atoms with Gasteiger partial charge in [-0.2, -0.15) is 0 Å². The van der Waals surface area contributed by atoms with Crippen molar-refractivity contribution in [2.75, 3.05) is 0 Å². The highest BCUT2D eigenvalue weighted by Gasteiger charge is 2.17. The molecule has 82 valence electrons. The van der Waals surface area contributed by atoms with Gasteiger partial charge < -0.3 is 0 Å². The Kier molecular flexibility index (Phi) is 3.39. The lowest BCUT2D eigenvalue weighted by Gasteiger charge is -2.21. The Morgan fingerprint density at radius 2 is 1.53 bits per heavy atom. The molecule has 1 aromatic rings. The molecule has 0 heterocycles. The predicted octanol–water partition coefficient (Wildman–Crippen LogP) is 4.14. The van der Waals surface area contributed by atoms with Gasteiger partial charge in [-0.1, -0.05) is 32.9 Å². The van der Waals surface area contributed by atoms with E-state index in [4.69, 9.17) is 0 Å². The van der Waals surface area contributed by atoms with Crippen LogP contribution >= 0.6 is 15.9 Å². The van der Waals surface area contributed by atoms with E-state index in [9.17, 15) is 4.79 Å². The fraction of sp³-hybridized carbons (Fsp3) is 0.462. The molecule has 1 aromatic carbocycles. The van der Waals surface area contributed by atoms with E-state index in [1.54, 1.807) is 0 Å². The largest absolute Gasteiger partial charge is 0.281 e. The summed E-state index contributed by atoms with van der Waals surface area (Å²) in [6, 6.07) is 4.20. The summed E-state index contributed by atoms with van der Waals surface area (Å²) in [5.41, 5.74) is 4.28. The third kappa shape index (κ3) is 2.69. The highest BCUT2D eigenvalue weighted by atomic mass is 79.9. The van der Waals surface area contributed by atoms with Gasteiger partial charge in [-0.15, -0.1) is 0 Å². The van der Waals surface area contributed by atoms with Crippen LogP contribution in [0, 0.1) is 13.8 Å². The average molecular weight is 269 g/mol. The minimum atomic E-state index is -0.0297. The van der Waals surface area contributed by atoms with Crippen molar-refractivity contribution >= 4 is 20.6 Å². The summed E-state index contributed by atoms with van der Waals surface area (Å²) in [5.74, 6) is 0. The van der Waals surface area contributed by atoms with Crippen molar-refractivity contribution in [3.8, 4) is 0 Å². The maximum absolute atomic E-state index is 11.4. The first-order chi connectivity index (χ1) is 6.73. The molecular weight excluding hydrogens is 252 g/mol. The van der Waals surface area contributed by atoms with Gasteiger partial charge >= 0.3 is 0 Å². The third-order valence-corrected chi connectivity index (χ3v) is 2.99. The number of rotatable bonds is 1. The first kappa shape index (κ1) is 12.4. The Hall–Kier alpha value is -0.630. The van der Waals surface area contributed by atoms with Crippen molar-refractivity contribution in [2.45, 2.75) is 40.0 Å². The Morgan fingerprint density at radius 3 is 1.80 bits per heavy atom.